The van der Waals surface area contributed by atoms with Crippen LogP contribution >= 0.6 is 0 Å². The summed E-state index contributed by atoms with van der Waals surface area (Å²) in [6.07, 6.45) is 0.764. The molecule has 2 N–H and O–H groups in total. The van der Waals surface area contributed by atoms with Crippen LogP contribution in [0, 0.1) is 12.7 Å². The van der Waals surface area contributed by atoms with E-state index in [0.717, 1.165) is 17.7 Å². The fraction of sp³-hybridized carbons (Fsp3) is 0.308. The maximum atomic E-state index is 13.7. The van der Waals surface area contributed by atoms with Crippen LogP contribution in [0.25, 0.3) is 10.9 Å². The number of halogens is 1. The van der Waals surface area contributed by atoms with Gasteiger partial charge in [-0.2, -0.15) is 0 Å². The molecule has 3 nitrogen and oxygen atoms in total. The van der Waals surface area contributed by atoms with Crippen molar-refractivity contribution in [1.82, 2.24) is 4.98 Å². The molecule has 0 radical (unpaired) electrons. The number of nitrogen functional groups attached to an aromatic ring is 1. The predicted octanol–water partition coefficient (Wildman–Crippen LogP) is 2.84. The molecule has 0 atom stereocenters. The van der Waals surface area contributed by atoms with Crippen molar-refractivity contribution >= 4 is 16.6 Å². The molecule has 0 saturated carbocycles. The van der Waals surface area contributed by atoms with Gasteiger partial charge < -0.3 is 10.5 Å². The number of benzene rings is 1. The minimum atomic E-state index is -0.377. The van der Waals surface area contributed by atoms with Gasteiger partial charge in [-0.15, -0.1) is 0 Å². The second-order valence-electron chi connectivity index (χ2n) is 3.92. The van der Waals surface area contributed by atoms with Gasteiger partial charge in [0.15, 0.2) is 0 Å². The van der Waals surface area contributed by atoms with Gasteiger partial charge >= 0.3 is 0 Å². The molecular formula is C13H15FN2O. The molecule has 0 fully saturated rings. The number of aryl methyl sites for hydroxylation is 1. The monoisotopic (exact) mass is 234 g/mol. The molecule has 4 heteroatoms. The Kier molecular flexibility index (Phi) is 2.88. The molecule has 90 valence electrons. The van der Waals surface area contributed by atoms with E-state index >= 15 is 0 Å². The number of methoxy groups -OCH3 is 1. The van der Waals surface area contributed by atoms with Crippen LogP contribution in [0.5, 0.6) is 5.75 Å². The molecule has 0 unspecified atom stereocenters. The summed E-state index contributed by atoms with van der Waals surface area (Å²) in [6.45, 7) is 3.84. The largest absolute Gasteiger partial charge is 0.496 e. The maximum Gasteiger partial charge on any atom is 0.149 e. The molecular weight excluding hydrogens is 219 g/mol. The first-order valence-electron chi connectivity index (χ1n) is 5.51. The van der Waals surface area contributed by atoms with E-state index in [1.165, 1.54) is 13.2 Å². The van der Waals surface area contributed by atoms with Crippen LogP contribution in [-0.4, -0.2) is 12.1 Å². The Bertz CT molecular complexity index is 581. The van der Waals surface area contributed by atoms with Crippen LogP contribution in [0.4, 0.5) is 10.1 Å². The van der Waals surface area contributed by atoms with Crippen LogP contribution < -0.4 is 10.5 Å². The van der Waals surface area contributed by atoms with Crippen molar-refractivity contribution in [2.24, 2.45) is 0 Å². The topological polar surface area (TPSA) is 48.1 Å². The standard InChI is InChI=1S/C13H15FN2O/c1-4-8-7(2)16-13-9(14)5-6-10(17-3)11(13)12(8)15/h5-6H,4H2,1-3H3,(H2,15,16). The minimum Gasteiger partial charge on any atom is -0.496 e. The van der Waals surface area contributed by atoms with Gasteiger partial charge in [0.2, 0.25) is 0 Å². The molecule has 1 aromatic carbocycles. The smallest absolute Gasteiger partial charge is 0.149 e. The van der Waals surface area contributed by atoms with Gasteiger partial charge in [-0.25, -0.2) is 9.37 Å². The van der Waals surface area contributed by atoms with Crippen LogP contribution in [0.1, 0.15) is 18.2 Å². The second kappa shape index (κ2) is 4.20. The number of aromatic nitrogens is 1. The van der Waals surface area contributed by atoms with Crippen molar-refractivity contribution in [2.45, 2.75) is 20.3 Å². The molecule has 0 aliphatic heterocycles. The lowest BCUT2D eigenvalue weighted by Crippen LogP contribution is -2.03. The molecule has 0 bridgehead atoms. The number of ether oxygens (including phenoxy) is 1. The highest BCUT2D eigenvalue weighted by molar-refractivity contribution is 5.97. The van der Waals surface area contributed by atoms with Gasteiger partial charge in [0.25, 0.3) is 0 Å². The number of pyridine rings is 1. The molecule has 0 spiro atoms. The van der Waals surface area contributed by atoms with Gasteiger partial charge in [0.05, 0.1) is 12.5 Å². The molecule has 0 amide bonds. The Morgan fingerprint density at radius 1 is 1.41 bits per heavy atom. The summed E-state index contributed by atoms with van der Waals surface area (Å²) in [5, 5.41) is 0.565. The Morgan fingerprint density at radius 3 is 2.71 bits per heavy atom. The van der Waals surface area contributed by atoms with E-state index in [0.29, 0.717) is 16.8 Å². The van der Waals surface area contributed by atoms with Crippen molar-refractivity contribution in [1.29, 1.82) is 0 Å². The average molecular weight is 234 g/mol. The van der Waals surface area contributed by atoms with E-state index in [-0.39, 0.29) is 11.3 Å². The zero-order valence-electron chi connectivity index (χ0n) is 10.2. The summed E-state index contributed by atoms with van der Waals surface area (Å²) in [7, 11) is 1.54. The fourth-order valence-corrected chi connectivity index (χ4v) is 2.11. The van der Waals surface area contributed by atoms with Crippen LogP contribution in [-0.2, 0) is 6.42 Å². The van der Waals surface area contributed by atoms with Gasteiger partial charge in [-0.05, 0) is 31.0 Å². The molecule has 2 aromatic rings. The van der Waals surface area contributed by atoms with E-state index in [9.17, 15) is 4.39 Å². The van der Waals surface area contributed by atoms with E-state index in [1.54, 1.807) is 6.07 Å². The van der Waals surface area contributed by atoms with Gasteiger partial charge in [0, 0.05) is 11.4 Å². The van der Waals surface area contributed by atoms with Gasteiger partial charge in [0.1, 0.15) is 17.1 Å². The first-order chi connectivity index (χ1) is 8.10. The van der Waals surface area contributed by atoms with E-state index in [2.05, 4.69) is 4.98 Å². The molecule has 0 aliphatic carbocycles. The molecule has 2 rings (SSSR count). The van der Waals surface area contributed by atoms with E-state index in [4.69, 9.17) is 10.5 Å². The number of nitrogens with zero attached hydrogens (tertiary/aromatic N) is 1. The molecule has 1 heterocycles. The molecule has 0 saturated heterocycles. The zero-order valence-corrected chi connectivity index (χ0v) is 10.2. The lowest BCUT2D eigenvalue weighted by Gasteiger charge is -2.13. The highest BCUT2D eigenvalue weighted by Gasteiger charge is 2.15. The number of rotatable bonds is 2. The van der Waals surface area contributed by atoms with Crippen molar-refractivity contribution in [2.75, 3.05) is 12.8 Å². The number of hydrogen-bond donors (Lipinski definition) is 1. The third kappa shape index (κ3) is 1.69. The van der Waals surface area contributed by atoms with Crippen molar-refractivity contribution in [3.05, 3.63) is 29.2 Å². The summed E-state index contributed by atoms with van der Waals surface area (Å²) in [5.74, 6) is 0.180. The van der Waals surface area contributed by atoms with E-state index < -0.39 is 0 Å². The number of fused-ring (bicyclic) bond motifs is 1. The summed E-state index contributed by atoms with van der Waals surface area (Å²) in [5.41, 5.74) is 8.64. The summed E-state index contributed by atoms with van der Waals surface area (Å²) >= 11 is 0. The predicted molar refractivity (Wildman–Crippen MR) is 66.8 cm³/mol. The number of nitrogens with two attached hydrogens (primary N) is 1. The Balaban J connectivity index is 2.95. The van der Waals surface area contributed by atoms with Gasteiger partial charge in [-0.1, -0.05) is 6.92 Å². The first-order valence-corrected chi connectivity index (χ1v) is 5.51. The quantitative estimate of drug-likeness (QED) is 0.869. The summed E-state index contributed by atoms with van der Waals surface area (Å²) < 4.78 is 18.9. The Morgan fingerprint density at radius 2 is 2.12 bits per heavy atom. The third-order valence-electron chi connectivity index (χ3n) is 2.97. The lowest BCUT2D eigenvalue weighted by molar-refractivity contribution is 0.419. The molecule has 17 heavy (non-hydrogen) atoms. The second-order valence-corrected chi connectivity index (χ2v) is 3.92. The molecule has 1 aromatic heterocycles. The average Bonchev–Trinajstić information content (AvgIpc) is 2.31. The SMILES string of the molecule is CCc1c(C)nc2c(F)ccc(OC)c2c1N. The number of hydrogen-bond acceptors (Lipinski definition) is 3. The van der Waals surface area contributed by atoms with Crippen LogP contribution in [0.15, 0.2) is 12.1 Å². The van der Waals surface area contributed by atoms with Crippen LogP contribution in [0.3, 0.4) is 0 Å². The van der Waals surface area contributed by atoms with Crippen molar-refractivity contribution in [3.8, 4) is 5.75 Å². The first kappa shape index (κ1) is 11.6. The van der Waals surface area contributed by atoms with Crippen molar-refractivity contribution < 1.29 is 9.13 Å². The van der Waals surface area contributed by atoms with Crippen molar-refractivity contribution in [3.63, 3.8) is 0 Å². The minimum absolute atomic E-state index is 0.275. The van der Waals surface area contributed by atoms with Crippen LogP contribution in [0.2, 0.25) is 0 Å². The fourth-order valence-electron chi connectivity index (χ4n) is 2.11. The summed E-state index contributed by atoms with van der Waals surface area (Å²) in [6, 6.07) is 2.92. The normalized spacial score (nSPS) is 10.8. The number of anilines is 1. The third-order valence-corrected chi connectivity index (χ3v) is 2.97. The highest BCUT2D eigenvalue weighted by atomic mass is 19.1. The Hall–Kier alpha value is -1.84. The maximum absolute atomic E-state index is 13.7. The highest BCUT2D eigenvalue weighted by Crippen LogP contribution is 2.34. The molecule has 0 aliphatic rings. The zero-order chi connectivity index (χ0) is 12.6. The Labute approximate surface area is 99.4 Å². The van der Waals surface area contributed by atoms with Gasteiger partial charge in [-0.3, -0.25) is 0 Å². The van der Waals surface area contributed by atoms with E-state index in [1.807, 2.05) is 13.8 Å². The lowest BCUT2D eigenvalue weighted by atomic mass is 10.0. The summed E-state index contributed by atoms with van der Waals surface area (Å²) in [4.78, 5) is 4.28.